The summed E-state index contributed by atoms with van der Waals surface area (Å²) in [5.74, 6) is -1.08. The molecule has 0 spiro atoms. The van der Waals surface area contributed by atoms with Crippen molar-refractivity contribution < 1.29 is 31.5 Å². The highest BCUT2D eigenvalue weighted by molar-refractivity contribution is 5.92. The van der Waals surface area contributed by atoms with Gasteiger partial charge >= 0.3 is 12.8 Å². The van der Waals surface area contributed by atoms with E-state index in [9.17, 15) is 31.5 Å². The zero-order chi connectivity index (χ0) is 24.3. The van der Waals surface area contributed by atoms with Gasteiger partial charge in [0.05, 0.1) is 17.3 Å². The summed E-state index contributed by atoms with van der Waals surface area (Å²) in [6.45, 7) is -0.130. The molecule has 3 rings (SSSR count). The highest BCUT2D eigenvalue weighted by Gasteiger charge is 2.30. The van der Waals surface area contributed by atoms with E-state index in [1.54, 1.807) is 6.07 Å². The van der Waals surface area contributed by atoms with Gasteiger partial charge in [0, 0.05) is 17.3 Å². The molecule has 11 heteroatoms. The van der Waals surface area contributed by atoms with Crippen LogP contribution >= 0.6 is 0 Å². The number of hydrogen-bond acceptors (Lipinski definition) is 4. The van der Waals surface area contributed by atoms with Crippen molar-refractivity contribution >= 4 is 5.91 Å². The van der Waals surface area contributed by atoms with Crippen molar-refractivity contribution in [3.8, 4) is 11.4 Å². The second kappa shape index (κ2) is 9.39. The van der Waals surface area contributed by atoms with Crippen LogP contribution in [0.4, 0.5) is 22.0 Å². The van der Waals surface area contributed by atoms with Crippen LogP contribution in [0.3, 0.4) is 0 Å². The number of benzene rings is 2. The number of nitrogens with one attached hydrogen (secondary N) is 1. The first-order valence-electron chi connectivity index (χ1n) is 9.60. The van der Waals surface area contributed by atoms with Crippen molar-refractivity contribution in [2.75, 3.05) is 0 Å². The standard InChI is InChI=1S/C22H18F5N3O3/c1-12-10-17(31)19(29-30(12)15-7-5-6-14(11-15)22(25,26)27)20(32)28-13(2)16-8-3-4-9-18(16)33-21(23)24/h3-11,13,21H,1-2H3,(H,28,32). The fourth-order valence-electron chi connectivity index (χ4n) is 3.16. The molecule has 1 aromatic heterocycles. The van der Waals surface area contributed by atoms with Gasteiger partial charge in [0.15, 0.2) is 5.69 Å². The monoisotopic (exact) mass is 467 g/mol. The zero-order valence-corrected chi connectivity index (χ0v) is 17.4. The number of amides is 1. The minimum atomic E-state index is -4.59. The van der Waals surface area contributed by atoms with Gasteiger partial charge in [0.25, 0.3) is 5.91 Å². The maximum atomic E-state index is 13.1. The van der Waals surface area contributed by atoms with Gasteiger partial charge in [-0.25, -0.2) is 4.68 Å². The third kappa shape index (κ3) is 5.54. The summed E-state index contributed by atoms with van der Waals surface area (Å²) >= 11 is 0. The summed E-state index contributed by atoms with van der Waals surface area (Å²) in [5, 5.41) is 6.44. The number of carbonyl (C=O) groups excluding carboxylic acids is 1. The van der Waals surface area contributed by atoms with Crippen LogP contribution in [0.2, 0.25) is 0 Å². The predicted octanol–water partition coefficient (Wildman–Crippen LogP) is 4.65. The summed E-state index contributed by atoms with van der Waals surface area (Å²) < 4.78 is 70.0. The number of carbonyl (C=O) groups is 1. The van der Waals surface area contributed by atoms with Crippen molar-refractivity contribution in [2.24, 2.45) is 0 Å². The molecule has 1 heterocycles. The predicted molar refractivity (Wildman–Crippen MR) is 109 cm³/mol. The van der Waals surface area contributed by atoms with E-state index in [4.69, 9.17) is 0 Å². The van der Waals surface area contributed by atoms with Crippen molar-refractivity contribution in [2.45, 2.75) is 32.7 Å². The number of aryl methyl sites for hydroxylation is 1. The molecule has 3 aromatic rings. The fourth-order valence-corrected chi connectivity index (χ4v) is 3.16. The van der Waals surface area contributed by atoms with Crippen LogP contribution in [-0.4, -0.2) is 22.3 Å². The molecule has 0 radical (unpaired) electrons. The van der Waals surface area contributed by atoms with E-state index in [0.29, 0.717) is 0 Å². The Balaban J connectivity index is 1.94. The van der Waals surface area contributed by atoms with Gasteiger partial charge in [0.2, 0.25) is 5.43 Å². The summed E-state index contributed by atoms with van der Waals surface area (Å²) in [6.07, 6.45) is -4.59. The number of nitrogens with zero attached hydrogens (tertiary/aromatic N) is 2. The molecule has 6 nitrogen and oxygen atoms in total. The maximum absolute atomic E-state index is 13.1. The quantitative estimate of drug-likeness (QED) is 0.536. The molecule has 0 saturated carbocycles. The van der Waals surface area contributed by atoms with E-state index in [0.717, 1.165) is 22.9 Å². The molecule has 1 amide bonds. The minimum Gasteiger partial charge on any atom is -0.434 e. The zero-order valence-electron chi connectivity index (χ0n) is 17.4. The van der Waals surface area contributed by atoms with E-state index in [1.165, 1.54) is 44.2 Å². The van der Waals surface area contributed by atoms with Crippen LogP contribution in [0, 0.1) is 6.92 Å². The first-order valence-corrected chi connectivity index (χ1v) is 9.60. The van der Waals surface area contributed by atoms with Gasteiger partial charge < -0.3 is 10.1 Å². The Morgan fingerprint density at radius 2 is 1.79 bits per heavy atom. The lowest BCUT2D eigenvalue weighted by Crippen LogP contribution is -2.33. The lowest BCUT2D eigenvalue weighted by molar-refractivity contribution is -0.137. The molecule has 174 valence electrons. The van der Waals surface area contributed by atoms with Gasteiger partial charge in [-0.15, -0.1) is 0 Å². The average Bonchev–Trinajstić information content (AvgIpc) is 2.73. The molecular formula is C22H18F5N3O3. The summed E-state index contributed by atoms with van der Waals surface area (Å²) in [6, 6.07) is 10.3. The van der Waals surface area contributed by atoms with Crippen LogP contribution in [0.5, 0.6) is 5.75 Å². The van der Waals surface area contributed by atoms with E-state index < -0.39 is 41.4 Å². The van der Waals surface area contributed by atoms with Crippen LogP contribution in [0.1, 0.15) is 40.3 Å². The topological polar surface area (TPSA) is 73.2 Å². The van der Waals surface area contributed by atoms with Gasteiger partial charge in [-0.1, -0.05) is 24.3 Å². The lowest BCUT2D eigenvalue weighted by atomic mass is 10.1. The molecule has 0 aliphatic carbocycles. The smallest absolute Gasteiger partial charge is 0.416 e. The molecule has 33 heavy (non-hydrogen) atoms. The molecule has 1 unspecified atom stereocenters. The second-order valence-corrected chi connectivity index (χ2v) is 7.07. The molecule has 0 fully saturated rings. The number of hydrogen-bond donors (Lipinski definition) is 1. The maximum Gasteiger partial charge on any atom is 0.416 e. The second-order valence-electron chi connectivity index (χ2n) is 7.07. The Kier molecular flexibility index (Phi) is 6.80. The SMILES string of the molecule is Cc1cc(=O)c(C(=O)NC(C)c2ccccc2OC(F)F)nn1-c1cccc(C(F)(F)F)c1. The van der Waals surface area contributed by atoms with Gasteiger partial charge in [-0.05, 0) is 38.1 Å². The van der Waals surface area contributed by atoms with E-state index in [2.05, 4.69) is 15.2 Å². The number of rotatable bonds is 6. The Morgan fingerprint density at radius 3 is 2.45 bits per heavy atom. The Morgan fingerprint density at radius 1 is 1.09 bits per heavy atom. The molecule has 0 aliphatic rings. The van der Waals surface area contributed by atoms with Crippen molar-refractivity contribution in [1.82, 2.24) is 15.1 Å². The van der Waals surface area contributed by atoms with Crippen LogP contribution in [0.25, 0.3) is 5.69 Å². The lowest BCUT2D eigenvalue weighted by Gasteiger charge is -2.18. The molecule has 0 aliphatic heterocycles. The van der Waals surface area contributed by atoms with E-state index >= 15 is 0 Å². The normalized spacial score (nSPS) is 12.5. The Labute approximate surface area is 184 Å². The third-order valence-corrected chi connectivity index (χ3v) is 4.69. The van der Waals surface area contributed by atoms with Gasteiger partial charge in [-0.3, -0.25) is 9.59 Å². The third-order valence-electron chi connectivity index (χ3n) is 4.69. The first-order chi connectivity index (χ1) is 15.5. The number of ether oxygens (including phenoxy) is 1. The summed E-state index contributed by atoms with van der Waals surface area (Å²) in [5.41, 5.74) is -1.80. The first kappa shape index (κ1) is 23.9. The number of aromatic nitrogens is 2. The fraction of sp³-hybridized carbons (Fsp3) is 0.227. The van der Waals surface area contributed by atoms with Gasteiger partial charge in [0.1, 0.15) is 5.75 Å². The Hall–Kier alpha value is -3.76. The molecule has 0 saturated heterocycles. The van der Waals surface area contributed by atoms with Crippen molar-refractivity contribution in [3.63, 3.8) is 0 Å². The minimum absolute atomic E-state index is 0.0000949. The van der Waals surface area contributed by atoms with Crippen LogP contribution in [0.15, 0.2) is 59.4 Å². The summed E-state index contributed by atoms with van der Waals surface area (Å²) in [7, 11) is 0. The molecule has 2 aromatic carbocycles. The number of para-hydroxylation sites is 1. The largest absolute Gasteiger partial charge is 0.434 e. The van der Waals surface area contributed by atoms with Gasteiger partial charge in [-0.2, -0.15) is 27.1 Å². The average molecular weight is 467 g/mol. The molecule has 1 N–H and O–H groups in total. The molecular weight excluding hydrogens is 449 g/mol. The molecule has 0 bridgehead atoms. The van der Waals surface area contributed by atoms with Crippen LogP contribution < -0.4 is 15.5 Å². The number of alkyl halides is 5. The number of halogens is 5. The van der Waals surface area contributed by atoms with Crippen molar-refractivity contribution in [1.29, 1.82) is 0 Å². The highest BCUT2D eigenvalue weighted by Crippen LogP contribution is 2.30. The molecule has 1 atom stereocenters. The highest BCUT2D eigenvalue weighted by atomic mass is 19.4. The van der Waals surface area contributed by atoms with E-state index in [-0.39, 0.29) is 22.7 Å². The Bertz CT molecular complexity index is 1220. The summed E-state index contributed by atoms with van der Waals surface area (Å²) in [4.78, 5) is 25.1. The van der Waals surface area contributed by atoms with Crippen LogP contribution in [-0.2, 0) is 6.18 Å². The van der Waals surface area contributed by atoms with E-state index in [1.807, 2.05) is 0 Å². The van der Waals surface area contributed by atoms with Crippen molar-refractivity contribution in [3.05, 3.63) is 87.3 Å².